The van der Waals surface area contributed by atoms with Gasteiger partial charge in [-0.15, -0.1) is 0 Å². The number of nitrogens with zero attached hydrogens (tertiary/aromatic N) is 1. The summed E-state index contributed by atoms with van der Waals surface area (Å²) in [6, 6.07) is 8.54. The summed E-state index contributed by atoms with van der Waals surface area (Å²) in [7, 11) is 1.71. The third-order valence-corrected chi connectivity index (χ3v) is 4.80. The fourth-order valence-electron chi connectivity index (χ4n) is 3.62. The van der Waals surface area contributed by atoms with Gasteiger partial charge in [-0.2, -0.15) is 0 Å². The van der Waals surface area contributed by atoms with Gasteiger partial charge in [-0.3, -0.25) is 4.99 Å². The Morgan fingerprint density at radius 2 is 2.09 bits per heavy atom. The van der Waals surface area contributed by atoms with Crippen LogP contribution in [0.2, 0.25) is 0 Å². The minimum atomic E-state index is 0.896. The number of aromatic amines is 1. The van der Waals surface area contributed by atoms with Gasteiger partial charge in [-0.05, 0) is 60.7 Å². The highest BCUT2D eigenvalue weighted by Gasteiger charge is 2.19. The first-order valence-electron chi connectivity index (χ1n) is 7.88. The molecule has 0 unspecified atom stereocenters. The average Bonchev–Trinajstić information content (AvgIpc) is 2.93. The maximum absolute atomic E-state index is 5.39. The number of fused-ring (bicyclic) bond motifs is 4. The molecule has 0 bridgehead atoms. The molecule has 0 spiro atoms. The number of ether oxygens (including phenoxy) is 1. The molecule has 4 rings (SSSR count). The first kappa shape index (κ1) is 13.4. The zero-order valence-electron chi connectivity index (χ0n) is 13.3. The van der Waals surface area contributed by atoms with E-state index in [1.54, 1.807) is 7.11 Å². The van der Waals surface area contributed by atoms with Gasteiger partial charge in [-0.25, -0.2) is 0 Å². The van der Waals surface area contributed by atoms with Gasteiger partial charge < -0.3 is 9.72 Å². The molecule has 1 N–H and O–H groups in total. The van der Waals surface area contributed by atoms with Crippen molar-refractivity contribution in [2.75, 3.05) is 13.7 Å². The van der Waals surface area contributed by atoms with E-state index in [2.05, 4.69) is 37.0 Å². The van der Waals surface area contributed by atoms with Crippen LogP contribution in [-0.2, 0) is 6.42 Å². The lowest BCUT2D eigenvalue weighted by Gasteiger charge is -2.19. The maximum Gasteiger partial charge on any atom is 0.119 e. The van der Waals surface area contributed by atoms with E-state index >= 15 is 0 Å². The van der Waals surface area contributed by atoms with Crippen molar-refractivity contribution in [1.82, 2.24) is 4.98 Å². The van der Waals surface area contributed by atoms with Crippen LogP contribution in [0, 0.1) is 6.92 Å². The number of aromatic nitrogens is 1. The fourth-order valence-corrected chi connectivity index (χ4v) is 3.62. The summed E-state index contributed by atoms with van der Waals surface area (Å²) >= 11 is 0. The van der Waals surface area contributed by atoms with Crippen LogP contribution in [0.5, 0.6) is 5.75 Å². The molecule has 3 nitrogen and oxygen atoms in total. The van der Waals surface area contributed by atoms with E-state index in [0.717, 1.165) is 30.7 Å². The van der Waals surface area contributed by atoms with Crippen molar-refractivity contribution >= 4 is 27.5 Å². The second kappa shape index (κ2) is 4.87. The third kappa shape index (κ3) is 1.78. The Balaban J connectivity index is 2.10. The smallest absolute Gasteiger partial charge is 0.119 e. The number of hydrogen-bond acceptors (Lipinski definition) is 2. The molecule has 3 heteroatoms. The van der Waals surface area contributed by atoms with Gasteiger partial charge >= 0.3 is 0 Å². The Hall–Kier alpha value is -2.29. The van der Waals surface area contributed by atoms with Crippen LogP contribution in [0.15, 0.2) is 29.3 Å². The van der Waals surface area contributed by atoms with E-state index in [4.69, 9.17) is 9.73 Å². The van der Waals surface area contributed by atoms with E-state index in [1.807, 2.05) is 6.07 Å². The number of aliphatic imine (C=N–C) groups is 1. The molecular weight excluding hydrogens is 272 g/mol. The largest absolute Gasteiger partial charge is 0.497 e. The molecule has 112 valence electrons. The summed E-state index contributed by atoms with van der Waals surface area (Å²) in [6.45, 7) is 5.33. The topological polar surface area (TPSA) is 37.4 Å². The second-order valence-electron chi connectivity index (χ2n) is 5.92. The molecule has 0 aliphatic carbocycles. The summed E-state index contributed by atoms with van der Waals surface area (Å²) in [5, 5.41) is 2.49. The zero-order valence-corrected chi connectivity index (χ0v) is 13.3. The standard InChI is InChI=1S/C19H20N2O/c1-4-17-15-10-16-14-9-12(22-3)5-6-18(14)21-19(16)11(2)13(15)7-8-20-17/h5-6,9-10,21H,4,7-8H2,1-3H3. The van der Waals surface area contributed by atoms with Crippen molar-refractivity contribution in [1.29, 1.82) is 0 Å². The molecule has 0 amide bonds. The Morgan fingerprint density at radius 3 is 2.86 bits per heavy atom. The van der Waals surface area contributed by atoms with E-state index < -0.39 is 0 Å². The van der Waals surface area contributed by atoms with Gasteiger partial charge in [-0.1, -0.05) is 6.92 Å². The summed E-state index contributed by atoms with van der Waals surface area (Å²) in [5.41, 5.74) is 7.81. The third-order valence-electron chi connectivity index (χ3n) is 4.80. The molecule has 0 saturated carbocycles. The molecule has 2 aromatic carbocycles. The number of methoxy groups -OCH3 is 1. The minimum Gasteiger partial charge on any atom is -0.497 e. The lowest BCUT2D eigenvalue weighted by Crippen LogP contribution is -2.13. The van der Waals surface area contributed by atoms with Gasteiger partial charge in [0.05, 0.1) is 7.11 Å². The minimum absolute atomic E-state index is 0.896. The van der Waals surface area contributed by atoms with Crippen LogP contribution in [-0.4, -0.2) is 24.4 Å². The normalized spacial score (nSPS) is 14.2. The van der Waals surface area contributed by atoms with Crippen LogP contribution in [0.1, 0.15) is 30.0 Å². The van der Waals surface area contributed by atoms with Crippen molar-refractivity contribution < 1.29 is 4.74 Å². The number of aryl methyl sites for hydroxylation is 1. The van der Waals surface area contributed by atoms with Crippen molar-refractivity contribution in [3.05, 3.63) is 41.0 Å². The summed E-state index contributed by atoms with van der Waals surface area (Å²) < 4.78 is 5.39. The van der Waals surface area contributed by atoms with Gasteiger partial charge in [0.15, 0.2) is 0 Å². The summed E-state index contributed by atoms with van der Waals surface area (Å²) in [6.07, 6.45) is 2.03. The molecule has 0 fully saturated rings. The van der Waals surface area contributed by atoms with Gasteiger partial charge in [0.1, 0.15) is 5.75 Å². The van der Waals surface area contributed by atoms with Gasteiger partial charge in [0, 0.05) is 34.1 Å². The molecule has 1 aliphatic rings. The molecule has 0 radical (unpaired) electrons. The molecule has 1 aromatic heterocycles. The molecule has 3 aromatic rings. The number of rotatable bonds is 2. The van der Waals surface area contributed by atoms with Crippen LogP contribution < -0.4 is 4.74 Å². The van der Waals surface area contributed by atoms with Crippen molar-refractivity contribution in [2.24, 2.45) is 4.99 Å². The van der Waals surface area contributed by atoms with E-state index in [0.29, 0.717) is 0 Å². The highest BCUT2D eigenvalue weighted by Crippen LogP contribution is 2.35. The quantitative estimate of drug-likeness (QED) is 0.747. The summed E-state index contributed by atoms with van der Waals surface area (Å²) in [5.74, 6) is 0.896. The second-order valence-corrected chi connectivity index (χ2v) is 5.92. The van der Waals surface area contributed by atoms with E-state index in [9.17, 15) is 0 Å². The SMILES string of the molecule is CCC1=NCCc2c1cc1c([nH]c3ccc(OC)cc31)c2C. The maximum atomic E-state index is 5.39. The Labute approximate surface area is 130 Å². The first-order chi connectivity index (χ1) is 10.7. The highest BCUT2D eigenvalue weighted by atomic mass is 16.5. The number of H-pyrrole nitrogens is 1. The van der Waals surface area contributed by atoms with Crippen molar-refractivity contribution in [3.8, 4) is 5.75 Å². The average molecular weight is 292 g/mol. The Bertz CT molecular complexity index is 918. The molecular formula is C19H20N2O. The van der Waals surface area contributed by atoms with Gasteiger partial charge in [0.2, 0.25) is 0 Å². The molecule has 22 heavy (non-hydrogen) atoms. The monoisotopic (exact) mass is 292 g/mol. The van der Waals surface area contributed by atoms with Crippen LogP contribution in [0.25, 0.3) is 21.8 Å². The Morgan fingerprint density at radius 1 is 1.23 bits per heavy atom. The van der Waals surface area contributed by atoms with Crippen molar-refractivity contribution in [3.63, 3.8) is 0 Å². The molecule has 1 aliphatic heterocycles. The lowest BCUT2D eigenvalue weighted by atomic mass is 9.90. The van der Waals surface area contributed by atoms with Crippen LogP contribution >= 0.6 is 0 Å². The predicted octanol–water partition coefficient (Wildman–Crippen LogP) is 4.39. The van der Waals surface area contributed by atoms with Crippen LogP contribution in [0.4, 0.5) is 0 Å². The number of nitrogens with one attached hydrogen (secondary N) is 1. The predicted molar refractivity (Wildman–Crippen MR) is 92.5 cm³/mol. The van der Waals surface area contributed by atoms with Gasteiger partial charge in [0.25, 0.3) is 0 Å². The lowest BCUT2D eigenvalue weighted by molar-refractivity contribution is 0.415. The van der Waals surface area contributed by atoms with E-state index in [-0.39, 0.29) is 0 Å². The summed E-state index contributed by atoms with van der Waals surface area (Å²) in [4.78, 5) is 8.30. The Kier molecular flexibility index (Phi) is 2.96. The molecule has 0 saturated heterocycles. The number of hydrogen-bond donors (Lipinski definition) is 1. The fraction of sp³-hybridized carbons (Fsp3) is 0.316. The molecule has 2 heterocycles. The zero-order chi connectivity index (χ0) is 15.3. The van der Waals surface area contributed by atoms with Crippen LogP contribution in [0.3, 0.4) is 0 Å². The first-order valence-corrected chi connectivity index (χ1v) is 7.88. The number of benzene rings is 2. The molecule has 0 atom stereocenters. The highest BCUT2D eigenvalue weighted by molar-refractivity contribution is 6.13. The van der Waals surface area contributed by atoms with Crippen molar-refractivity contribution in [2.45, 2.75) is 26.7 Å². The van der Waals surface area contributed by atoms with E-state index in [1.165, 1.54) is 38.7 Å².